The number of benzene rings is 1. The van der Waals surface area contributed by atoms with Gasteiger partial charge in [-0.1, -0.05) is 11.3 Å². The van der Waals surface area contributed by atoms with E-state index in [1.54, 1.807) is 18.3 Å². The molecule has 0 radical (unpaired) electrons. The maximum Gasteiger partial charge on any atom is 0.294 e. The second-order valence-corrected chi connectivity index (χ2v) is 5.48. The first-order valence-corrected chi connectivity index (χ1v) is 7.01. The second-order valence-electron chi connectivity index (χ2n) is 5.48. The van der Waals surface area contributed by atoms with Gasteiger partial charge >= 0.3 is 0 Å². The summed E-state index contributed by atoms with van der Waals surface area (Å²) in [5.41, 5.74) is 2.20. The average Bonchev–Trinajstić information content (AvgIpc) is 3.14. The van der Waals surface area contributed by atoms with Crippen LogP contribution in [0.25, 0.3) is 5.69 Å². The van der Waals surface area contributed by atoms with Crippen molar-refractivity contribution in [3.8, 4) is 5.69 Å². The molecule has 1 aromatic carbocycles. The van der Waals surface area contributed by atoms with Gasteiger partial charge < -0.3 is 5.32 Å². The summed E-state index contributed by atoms with van der Waals surface area (Å²) in [5.74, 6) is 0.804. The molecule has 0 spiro atoms. The lowest BCUT2D eigenvalue weighted by molar-refractivity contribution is -0.384. The van der Waals surface area contributed by atoms with Crippen LogP contribution in [0.3, 0.4) is 0 Å². The van der Waals surface area contributed by atoms with Crippen molar-refractivity contribution in [1.82, 2.24) is 20.3 Å². The van der Waals surface area contributed by atoms with E-state index in [4.69, 9.17) is 0 Å². The molecular formula is C14H17N5O2. The molecular weight excluding hydrogens is 270 g/mol. The summed E-state index contributed by atoms with van der Waals surface area (Å²) >= 11 is 0. The molecule has 0 bridgehead atoms. The van der Waals surface area contributed by atoms with E-state index in [9.17, 15) is 10.1 Å². The highest BCUT2D eigenvalue weighted by Crippen LogP contribution is 2.27. The van der Waals surface area contributed by atoms with Gasteiger partial charge in [-0.2, -0.15) is 0 Å². The molecule has 110 valence electrons. The van der Waals surface area contributed by atoms with Crippen LogP contribution in [-0.4, -0.2) is 26.5 Å². The summed E-state index contributed by atoms with van der Waals surface area (Å²) in [5, 5.41) is 22.5. The van der Waals surface area contributed by atoms with E-state index in [0.717, 1.165) is 23.7 Å². The number of aromatic nitrogens is 3. The molecule has 1 aromatic heterocycles. The number of hydrogen-bond donors (Lipinski definition) is 1. The van der Waals surface area contributed by atoms with E-state index >= 15 is 0 Å². The Labute approximate surface area is 122 Å². The Morgan fingerprint density at radius 1 is 1.48 bits per heavy atom. The van der Waals surface area contributed by atoms with Crippen molar-refractivity contribution in [1.29, 1.82) is 0 Å². The van der Waals surface area contributed by atoms with Crippen LogP contribution < -0.4 is 5.32 Å². The zero-order chi connectivity index (χ0) is 14.8. The Morgan fingerprint density at radius 2 is 2.29 bits per heavy atom. The highest BCUT2D eigenvalue weighted by atomic mass is 16.6. The Morgan fingerprint density at radius 3 is 3.00 bits per heavy atom. The third-order valence-electron chi connectivity index (χ3n) is 3.55. The lowest BCUT2D eigenvalue weighted by Gasteiger charge is -2.03. The van der Waals surface area contributed by atoms with Crippen LogP contribution in [0, 0.1) is 23.0 Å². The maximum absolute atomic E-state index is 11.1. The highest BCUT2D eigenvalue weighted by molar-refractivity contribution is 5.53. The van der Waals surface area contributed by atoms with E-state index in [0.29, 0.717) is 12.2 Å². The minimum atomic E-state index is -0.401. The predicted molar refractivity (Wildman–Crippen MR) is 77.2 cm³/mol. The zero-order valence-electron chi connectivity index (χ0n) is 11.8. The van der Waals surface area contributed by atoms with Crippen LogP contribution in [0.15, 0.2) is 24.4 Å². The molecule has 1 fully saturated rings. The Hall–Kier alpha value is -2.28. The lowest BCUT2D eigenvalue weighted by Crippen LogP contribution is -2.16. The molecule has 0 unspecified atom stereocenters. The van der Waals surface area contributed by atoms with E-state index in [1.807, 2.05) is 6.92 Å². The van der Waals surface area contributed by atoms with Crippen molar-refractivity contribution in [3.63, 3.8) is 0 Å². The highest BCUT2D eigenvalue weighted by Gasteiger charge is 2.20. The third-order valence-corrected chi connectivity index (χ3v) is 3.55. The third kappa shape index (κ3) is 3.25. The first-order chi connectivity index (χ1) is 10.1. The molecule has 0 atom stereocenters. The van der Waals surface area contributed by atoms with Crippen LogP contribution in [0.5, 0.6) is 0 Å². The molecule has 21 heavy (non-hydrogen) atoms. The quantitative estimate of drug-likeness (QED) is 0.648. The molecule has 0 aliphatic heterocycles. The van der Waals surface area contributed by atoms with Gasteiger partial charge in [-0.15, -0.1) is 5.10 Å². The molecule has 1 heterocycles. The van der Waals surface area contributed by atoms with E-state index in [2.05, 4.69) is 15.6 Å². The predicted octanol–water partition coefficient (Wildman–Crippen LogP) is 1.98. The fraction of sp³-hybridized carbons (Fsp3) is 0.429. The minimum Gasteiger partial charge on any atom is -0.311 e. The topological polar surface area (TPSA) is 85.9 Å². The minimum absolute atomic E-state index is 0.0305. The van der Waals surface area contributed by atoms with Crippen molar-refractivity contribution < 1.29 is 4.92 Å². The fourth-order valence-corrected chi connectivity index (χ4v) is 2.19. The summed E-state index contributed by atoms with van der Waals surface area (Å²) < 4.78 is 1.47. The van der Waals surface area contributed by atoms with Crippen LogP contribution in [-0.2, 0) is 6.54 Å². The molecule has 1 N–H and O–H groups in total. The summed E-state index contributed by atoms with van der Waals surface area (Å²) in [4.78, 5) is 10.7. The van der Waals surface area contributed by atoms with Crippen molar-refractivity contribution in [2.24, 2.45) is 5.92 Å². The normalized spacial score (nSPS) is 14.3. The molecule has 7 nitrogen and oxygen atoms in total. The van der Waals surface area contributed by atoms with Crippen molar-refractivity contribution in [2.75, 3.05) is 6.54 Å². The number of nitrogens with zero attached hydrogens (tertiary/aromatic N) is 4. The molecule has 1 saturated carbocycles. The van der Waals surface area contributed by atoms with E-state index < -0.39 is 4.92 Å². The Bertz CT molecular complexity index is 663. The van der Waals surface area contributed by atoms with Gasteiger partial charge in [0, 0.05) is 12.6 Å². The molecule has 3 rings (SSSR count). The number of nitro benzene ring substituents is 1. The SMILES string of the molecule is Cc1ccc([N+](=O)[O-])c(-n2cc(CNCC3CC3)nn2)c1. The van der Waals surface area contributed by atoms with Gasteiger partial charge in [0.1, 0.15) is 5.69 Å². The van der Waals surface area contributed by atoms with Crippen LogP contribution >= 0.6 is 0 Å². The van der Waals surface area contributed by atoms with Crippen molar-refractivity contribution >= 4 is 5.69 Å². The smallest absolute Gasteiger partial charge is 0.294 e. The second kappa shape index (κ2) is 5.61. The Kier molecular flexibility index (Phi) is 3.66. The number of nitrogens with one attached hydrogen (secondary N) is 1. The molecule has 0 amide bonds. The van der Waals surface area contributed by atoms with Crippen LogP contribution in [0.4, 0.5) is 5.69 Å². The van der Waals surface area contributed by atoms with E-state index in [1.165, 1.54) is 23.6 Å². The summed E-state index contributed by atoms with van der Waals surface area (Å²) in [6.07, 6.45) is 4.34. The lowest BCUT2D eigenvalue weighted by atomic mass is 10.2. The Balaban J connectivity index is 1.78. The van der Waals surface area contributed by atoms with Gasteiger partial charge in [0.05, 0.1) is 16.8 Å². The zero-order valence-corrected chi connectivity index (χ0v) is 11.8. The number of nitro groups is 1. The number of rotatable bonds is 6. The molecule has 2 aromatic rings. The fourth-order valence-electron chi connectivity index (χ4n) is 2.19. The molecule has 0 saturated heterocycles. The van der Waals surface area contributed by atoms with Gasteiger partial charge in [0.2, 0.25) is 0 Å². The first kappa shape index (κ1) is 13.7. The average molecular weight is 287 g/mol. The number of hydrogen-bond acceptors (Lipinski definition) is 5. The molecule has 1 aliphatic carbocycles. The largest absolute Gasteiger partial charge is 0.311 e. The number of aryl methyl sites for hydroxylation is 1. The molecule has 1 aliphatic rings. The van der Waals surface area contributed by atoms with Gasteiger partial charge in [-0.3, -0.25) is 10.1 Å². The monoisotopic (exact) mass is 287 g/mol. The summed E-state index contributed by atoms with van der Waals surface area (Å²) in [6.45, 7) is 3.52. The standard InChI is InChI=1S/C14H17N5O2/c1-10-2-5-13(19(20)21)14(6-10)18-9-12(16-17-18)8-15-7-11-3-4-11/h2,5-6,9,11,15H,3-4,7-8H2,1H3. The van der Waals surface area contributed by atoms with Crippen LogP contribution in [0.2, 0.25) is 0 Å². The maximum atomic E-state index is 11.1. The van der Waals surface area contributed by atoms with E-state index in [-0.39, 0.29) is 5.69 Å². The molecule has 7 heteroatoms. The van der Waals surface area contributed by atoms with Gasteiger partial charge in [0.15, 0.2) is 0 Å². The van der Waals surface area contributed by atoms with Gasteiger partial charge in [-0.05, 0) is 43.9 Å². The first-order valence-electron chi connectivity index (χ1n) is 7.01. The van der Waals surface area contributed by atoms with Crippen molar-refractivity contribution in [3.05, 3.63) is 45.8 Å². The summed E-state index contributed by atoms with van der Waals surface area (Å²) in [6, 6.07) is 4.96. The van der Waals surface area contributed by atoms with Crippen LogP contribution in [0.1, 0.15) is 24.1 Å². The van der Waals surface area contributed by atoms with Gasteiger partial charge in [-0.25, -0.2) is 4.68 Å². The van der Waals surface area contributed by atoms with Crippen molar-refractivity contribution in [2.45, 2.75) is 26.3 Å². The summed E-state index contributed by atoms with van der Waals surface area (Å²) in [7, 11) is 0. The van der Waals surface area contributed by atoms with Gasteiger partial charge in [0.25, 0.3) is 5.69 Å².